The molecular weight excluding hydrogens is 210 g/mol. The normalized spacial score (nSPS) is 14.2. The highest BCUT2D eigenvalue weighted by molar-refractivity contribution is 5.87. The lowest BCUT2D eigenvalue weighted by Crippen LogP contribution is -2.27. The number of carbonyl (C=O) groups is 1. The molecule has 0 aliphatic carbocycles. The number of nitrogens with one attached hydrogen (secondary N) is 1. The number of hydrogen-bond donors (Lipinski definition) is 5. The molecule has 88 valence electrons. The van der Waals surface area contributed by atoms with Crippen LogP contribution in [0.2, 0.25) is 0 Å². The molecule has 1 aromatic rings. The summed E-state index contributed by atoms with van der Waals surface area (Å²) in [5, 5.41) is 21.3. The lowest BCUT2D eigenvalue weighted by atomic mass is 10.0. The van der Waals surface area contributed by atoms with Crippen LogP contribution in [0.15, 0.2) is 24.3 Å². The topological polar surface area (TPSA) is 122 Å². The Morgan fingerprint density at radius 3 is 2.31 bits per heavy atom. The molecule has 6 nitrogen and oxygen atoms in total. The van der Waals surface area contributed by atoms with Crippen LogP contribution in [0.25, 0.3) is 0 Å². The summed E-state index contributed by atoms with van der Waals surface area (Å²) in [6, 6.07) is 5.65. The van der Waals surface area contributed by atoms with Gasteiger partial charge in [0.15, 0.2) is 0 Å². The zero-order valence-electron chi connectivity index (χ0n) is 8.63. The fraction of sp³-hybridized carbons (Fsp3) is 0.300. The Hall–Kier alpha value is -1.63. The van der Waals surface area contributed by atoms with E-state index in [0.29, 0.717) is 11.3 Å². The Morgan fingerprint density at radius 2 is 1.88 bits per heavy atom. The number of rotatable bonds is 4. The quantitative estimate of drug-likeness (QED) is 0.475. The van der Waals surface area contributed by atoms with Crippen LogP contribution in [0.1, 0.15) is 11.7 Å². The molecule has 0 aliphatic heterocycles. The van der Waals surface area contributed by atoms with E-state index < -0.39 is 18.2 Å². The van der Waals surface area contributed by atoms with Gasteiger partial charge in [-0.15, -0.1) is 0 Å². The number of nitrogens with two attached hydrogens (primary N) is 2. The Balaban J connectivity index is 2.74. The largest absolute Gasteiger partial charge is 0.389 e. The van der Waals surface area contributed by atoms with E-state index >= 15 is 0 Å². The van der Waals surface area contributed by atoms with E-state index in [2.05, 4.69) is 5.32 Å². The van der Waals surface area contributed by atoms with Gasteiger partial charge >= 0.3 is 6.03 Å². The molecule has 0 fully saturated rings. The molecule has 0 saturated carbocycles. The van der Waals surface area contributed by atoms with E-state index in [1.54, 1.807) is 24.3 Å². The van der Waals surface area contributed by atoms with Crippen LogP contribution in [0.3, 0.4) is 0 Å². The molecule has 1 rings (SSSR count). The third-order valence-electron chi connectivity index (χ3n) is 2.13. The number of hydrogen-bond acceptors (Lipinski definition) is 4. The number of anilines is 1. The summed E-state index contributed by atoms with van der Waals surface area (Å²) in [5.74, 6) is 0. The molecule has 7 N–H and O–H groups in total. The lowest BCUT2D eigenvalue weighted by Gasteiger charge is -2.16. The second kappa shape index (κ2) is 5.45. The highest BCUT2D eigenvalue weighted by Crippen LogP contribution is 2.18. The first-order valence-corrected chi connectivity index (χ1v) is 4.77. The van der Waals surface area contributed by atoms with Crippen LogP contribution in [-0.4, -0.2) is 28.9 Å². The fourth-order valence-corrected chi connectivity index (χ4v) is 1.26. The smallest absolute Gasteiger partial charge is 0.316 e. The minimum Gasteiger partial charge on any atom is -0.389 e. The van der Waals surface area contributed by atoms with Crippen molar-refractivity contribution in [1.29, 1.82) is 0 Å². The molecule has 0 saturated heterocycles. The molecule has 6 heteroatoms. The van der Waals surface area contributed by atoms with Gasteiger partial charge in [0, 0.05) is 12.2 Å². The number of amides is 2. The molecule has 0 spiro atoms. The van der Waals surface area contributed by atoms with Crippen LogP contribution in [0.5, 0.6) is 0 Å². The Bertz CT molecular complexity index is 353. The maximum absolute atomic E-state index is 10.5. The SMILES string of the molecule is NCC(O)C(O)c1ccc(NC(N)=O)cc1. The van der Waals surface area contributed by atoms with E-state index in [0.717, 1.165) is 0 Å². The van der Waals surface area contributed by atoms with Crippen LogP contribution in [0.4, 0.5) is 10.5 Å². The first kappa shape index (κ1) is 12.4. The first-order valence-electron chi connectivity index (χ1n) is 4.77. The average Bonchev–Trinajstić information content (AvgIpc) is 2.27. The molecule has 1 aromatic carbocycles. The van der Waals surface area contributed by atoms with Gasteiger partial charge in [0.25, 0.3) is 0 Å². The Labute approximate surface area is 92.9 Å². The minimum atomic E-state index is -1.03. The van der Waals surface area contributed by atoms with E-state index in [4.69, 9.17) is 11.5 Å². The van der Waals surface area contributed by atoms with E-state index in [1.165, 1.54) is 0 Å². The zero-order chi connectivity index (χ0) is 12.1. The number of primary amides is 1. The number of benzene rings is 1. The molecule has 0 bridgehead atoms. The molecule has 0 heterocycles. The highest BCUT2D eigenvalue weighted by atomic mass is 16.3. The van der Waals surface area contributed by atoms with Crippen molar-refractivity contribution >= 4 is 11.7 Å². The van der Waals surface area contributed by atoms with Gasteiger partial charge in [0.1, 0.15) is 6.10 Å². The van der Waals surface area contributed by atoms with Gasteiger partial charge in [-0.25, -0.2) is 4.79 Å². The third kappa shape index (κ3) is 3.20. The van der Waals surface area contributed by atoms with Gasteiger partial charge in [-0.1, -0.05) is 12.1 Å². The number of carbonyl (C=O) groups excluding carboxylic acids is 1. The molecule has 2 unspecified atom stereocenters. The van der Waals surface area contributed by atoms with Crippen LogP contribution < -0.4 is 16.8 Å². The van der Waals surface area contributed by atoms with E-state index in [9.17, 15) is 15.0 Å². The van der Waals surface area contributed by atoms with Gasteiger partial charge in [0.2, 0.25) is 0 Å². The molecule has 16 heavy (non-hydrogen) atoms. The van der Waals surface area contributed by atoms with Gasteiger partial charge in [-0.3, -0.25) is 0 Å². The minimum absolute atomic E-state index is 0.0253. The molecule has 2 amide bonds. The van der Waals surface area contributed by atoms with Crippen molar-refractivity contribution in [3.63, 3.8) is 0 Å². The van der Waals surface area contributed by atoms with Crippen molar-refractivity contribution < 1.29 is 15.0 Å². The molecule has 0 aliphatic rings. The first-order chi connectivity index (χ1) is 7.54. The fourth-order valence-electron chi connectivity index (χ4n) is 1.26. The van der Waals surface area contributed by atoms with Crippen LogP contribution >= 0.6 is 0 Å². The summed E-state index contributed by atoms with van der Waals surface area (Å²) in [6.45, 7) is -0.0253. The summed E-state index contributed by atoms with van der Waals surface area (Å²) in [4.78, 5) is 10.5. The van der Waals surface area contributed by atoms with Crippen molar-refractivity contribution in [2.45, 2.75) is 12.2 Å². The predicted octanol–water partition coefficient (Wildman–Crippen LogP) is -0.470. The molecule has 2 atom stereocenters. The van der Waals surface area contributed by atoms with E-state index in [-0.39, 0.29) is 6.54 Å². The highest BCUT2D eigenvalue weighted by Gasteiger charge is 2.16. The second-order valence-electron chi connectivity index (χ2n) is 3.36. The summed E-state index contributed by atoms with van der Waals surface area (Å²) >= 11 is 0. The molecule has 0 aromatic heterocycles. The summed E-state index contributed by atoms with van der Waals surface area (Å²) < 4.78 is 0. The van der Waals surface area contributed by atoms with Crippen molar-refractivity contribution in [2.24, 2.45) is 11.5 Å². The van der Waals surface area contributed by atoms with Crippen molar-refractivity contribution in [1.82, 2.24) is 0 Å². The predicted molar refractivity (Wildman–Crippen MR) is 59.7 cm³/mol. The Morgan fingerprint density at radius 1 is 1.31 bits per heavy atom. The molecule has 0 radical (unpaired) electrons. The van der Waals surface area contributed by atoms with Crippen LogP contribution in [0, 0.1) is 0 Å². The summed E-state index contributed by atoms with van der Waals surface area (Å²) in [7, 11) is 0. The van der Waals surface area contributed by atoms with Crippen LogP contribution in [-0.2, 0) is 0 Å². The zero-order valence-corrected chi connectivity index (χ0v) is 8.63. The van der Waals surface area contributed by atoms with Gasteiger partial charge in [-0.05, 0) is 17.7 Å². The van der Waals surface area contributed by atoms with Crippen molar-refractivity contribution in [2.75, 3.05) is 11.9 Å². The number of aliphatic hydroxyl groups excluding tert-OH is 2. The van der Waals surface area contributed by atoms with Gasteiger partial charge < -0.3 is 27.0 Å². The Kier molecular flexibility index (Phi) is 4.24. The summed E-state index contributed by atoms with van der Waals surface area (Å²) in [6.07, 6.45) is -2.04. The maximum atomic E-state index is 10.5. The third-order valence-corrected chi connectivity index (χ3v) is 2.13. The summed E-state index contributed by atoms with van der Waals surface area (Å²) in [5.41, 5.74) is 11.2. The molecular formula is C10H15N3O3. The number of aliphatic hydroxyl groups is 2. The maximum Gasteiger partial charge on any atom is 0.316 e. The second-order valence-corrected chi connectivity index (χ2v) is 3.36. The van der Waals surface area contributed by atoms with Gasteiger partial charge in [-0.2, -0.15) is 0 Å². The van der Waals surface area contributed by atoms with Crippen molar-refractivity contribution in [3.05, 3.63) is 29.8 Å². The van der Waals surface area contributed by atoms with Gasteiger partial charge in [0.05, 0.1) is 6.10 Å². The standard InChI is InChI=1S/C10H15N3O3/c11-5-8(14)9(15)6-1-3-7(4-2-6)13-10(12)16/h1-4,8-9,14-15H,5,11H2,(H3,12,13,16). The van der Waals surface area contributed by atoms with E-state index in [1.807, 2.05) is 0 Å². The number of urea groups is 1. The van der Waals surface area contributed by atoms with Crippen molar-refractivity contribution in [3.8, 4) is 0 Å². The monoisotopic (exact) mass is 225 g/mol. The average molecular weight is 225 g/mol. The lowest BCUT2D eigenvalue weighted by molar-refractivity contribution is 0.0243.